The minimum Gasteiger partial charge on any atom is -0.504 e. The van der Waals surface area contributed by atoms with Crippen molar-refractivity contribution in [2.24, 2.45) is 5.10 Å². The Hall–Kier alpha value is -2.64. The summed E-state index contributed by atoms with van der Waals surface area (Å²) in [4.78, 5) is 20.1. The molecule has 1 aromatic carbocycles. The van der Waals surface area contributed by atoms with Crippen LogP contribution in [0.4, 0.5) is 0 Å². The zero-order valence-corrected chi connectivity index (χ0v) is 9.49. The molecule has 0 radical (unpaired) electrons. The Morgan fingerprint density at radius 2 is 2.39 bits per heavy atom. The molecule has 18 heavy (non-hydrogen) atoms. The van der Waals surface area contributed by atoms with Crippen LogP contribution in [0.5, 0.6) is 11.5 Å². The van der Waals surface area contributed by atoms with Crippen LogP contribution >= 0.6 is 0 Å². The number of carbonyl (C=O) groups excluding carboxylic acids is 1. The molecule has 2 N–H and O–H groups in total. The van der Waals surface area contributed by atoms with Crippen molar-refractivity contribution in [1.82, 2.24) is 5.43 Å². The van der Waals surface area contributed by atoms with Gasteiger partial charge in [0.05, 0.1) is 13.3 Å². The molecule has 0 atom stereocenters. The smallest absolute Gasteiger partial charge is 0.311 e. The van der Waals surface area contributed by atoms with Crippen LogP contribution in [0.1, 0.15) is 5.56 Å². The maximum atomic E-state index is 10.9. The highest BCUT2D eigenvalue weighted by Gasteiger charge is 2.08. The topological polar surface area (TPSA) is 114 Å². The van der Waals surface area contributed by atoms with E-state index in [2.05, 4.69) is 5.10 Å². The maximum absolute atomic E-state index is 10.9. The van der Waals surface area contributed by atoms with Crippen LogP contribution in [-0.4, -0.2) is 35.8 Å². The van der Waals surface area contributed by atoms with Crippen molar-refractivity contribution >= 4 is 12.1 Å². The van der Waals surface area contributed by atoms with Crippen molar-refractivity contribution in [3.8, 4) is 11.5 Å². The second-order valence-corrected chi connectivity index (χ2v) is 3.18. The summed E-state index contributed by atoms with van der Waals surface area (Å²) in [7, 11) is 1.40. The van der Waals surface area contributed by atoms with Crippen LogP contribution < -0.4 is 10.2 Å². The van der Waals surface area contributed by atoms with E-state index in [-0.39, 0.29) is 11.5 Å². The first-order chi connectivity index (χ1) is 8.54. The van der Waals surface area contributed by atoms with Crippen molar-refractivity contribution in [2.75, 3.05) is 13.7 Å². The van der Waals surface area contributed by atoms with Crippen LogP contribution in [0.2, 0.25) is 0 Å². The number of benzene rings is 1. The number of hydrogen-bond acceptors (Lipinski definition) is 6. The molecule has 0 saturated carbocycles. The minimum atomic E-state index is -0.860. The summed E-state index contributed by atoms with van der Waals surface area (Å²) in [6.45, 7) is -0.860. The van der Waals surface area contributed by atoms with Gasteiger partial charge in [-0.3, -0.25) is 14.9 Å². The van der Waals surface area contributed by atoms with Gasteiger partial charge in [0.1, 0.15) is 0 Å². The first kappa shape index (κ1) is 13.4. The third-order valence-electron chi connectivity index (χ3n) is 1.92. The Bertz CT molecular complexity index is 486. The number of nitrogens with zero attached hydrogens (tertiary/aromatic N) is 2. The number of nitro groups is 1. The van der Waals surface area contributed by atoms with Gasteiger partial charge in [-0.15, -0.1) is 0 Å². The van der Waals surface area contributed by atoms with Gasteiger partial charge in [0, 0.05) is 10.5 Å². The quantitative estimate of drug-likeness (QED) is 0.439. The van der Waals surface area contributed by atoms with Crippen LogP contribution in [0.25, 0.3) is 0 Å². The number of phenols is 1. The minimum absolute atomic E-state index is 0.132. The van der Waals surface area contributed by atoms with Gasteiger partial charge in [0.25, 0.3) is 6.54 Å². The molecule has 96 valence electrons. The largest absolute Gasteiger partial charge is 0.504 e. The first-order valence-electron chi connectivity index (χ1n) is 4.84. The molecule has 1 rings (SSSR count). The molecule has 8 heteroatoms. The van der Waals surface area contributed by atoms with Gasteiger partial charge in [-0.05, 0) is 12.1 Å². The molecule has 0 aliphatic rings. The van der Waals surface area contributed by atoms with Gasteiger partial charge >= 0.3 is 5.91 Å². The zero-order valence-electron chi connectivity index (χ0n) is 9.49. The number of phenolic OH excluding ortho intramolecular Hbond substituents is 1. The predicted octanol–water partition coefficient (Wildman–Crippen LogP) is 0.128. The molecule has 0 aromatic heterocycles. The average Bonchev–Trinajstić information content (AvgIpc) is 2.30. The number of hydrogen-bond donors (Lipinski definition) is 2. The molecule has 8 nitrogen and oxygen atoms in total. The highest BCUT2D eigenvalue weighted by atomic mass is 16.6. The van der Waals surface area contributed by atoms with E-state index >= 15 is 0 Å². The molecule has 0 spiro atoms. The van der Waals surface area contributed by atoms with Gasteiger partial charge in [-0.1, -0.05) is 6.07 Å². The van der Waals surface area contributed by atoms with Crippen molar-refractivity contribution in [3.63, 3.8) is 0 Å². The summed E-state index contributed by atoms with van der Waals surface area (Å²) >= 11 is 0. The molecule has 1 amide bonds. The van der Waals surface area contributed by atoms with Gasteiger partial charge < -0.3 is 9.84 Å². The fourth-order valence-electron chi connectivity index (χ4n) is 1.13. The number of rotatable bonds is 5. The molecule has 0 bridgehead atoms. The van der Waals surface area contributed by atoms with Gasteiger partial charge in [0.15, 0.2) is 11.5 Å². The summed E-state index contributed by atoms with van der Waals surface area (Å²) in [6.07, 6.45) is 1.16. The number of amides is 1. The van der Waals surface area contributed by atoms with E-state index < -0.39 is 17.4 Å². The molecular weight excluding hydrogens is 242 g/mol. The molecule has 0 fully saturated rings. The van der Waals surface area contributed by atoms with Crippen LogP contribution in [0.15, 0.2) is 23.3 Å². The number of para-hydroxylation sites is 1. The number of aromatic hydroxyl groups is 1. The standard InChI is InChI=1S/C10H11N3O5/c1-18-8-4-2-3-7(10(8)15)5-11-12-9(14)6-13(16)17/h2-5,15H,6H2,1H3,(H,12,14). The fourth-order valence-corrected chi connectivity index (χ4v) is 1.13. The summed E-state index contributed by atoms with van der Waals surface area (Å²) in [6, 6.07) is 4.72. The molecular formula is C10H11N3O5. The fraction of sp³-hybridized carbons (Fsp3) is 0.200. The molecule has 0 aliphatic carbocycles. The van der Waals surface area contributed by atoms with Crippen molar-refractivity contribution in [2.45, 2.75) is 0 Å². The van der Waals surface area contributed by atoms with Crippen LogP contribution in [-0.2, 0) is 4.79 Å². The third kappa shape index (κ3) is 3.74. The zero-order chi connectivity index (χ0) is 13.5. The molecule has 0 heterocycles. The molecule has 0 saturated heterocycles. The summed E-state index contributed by atoms with van der Waals surface area (Å²) in [5.41, 5.74) is 2.28. The Morgan fingerprint density at radius 3 is 3.00 bits per heavy atom. The van der Waals surface area contributed by atoms with Crippen LogP contribution in [0, 0.1) is 10.1 Å². The second kappa shape index (κ2) is 6.18. The van der Waals surface area contributed by atoms with E-state index in [1.165, 1.54) is 7.11 Å². The van der Waals surface area contributed by atoms with Crippen molar-refractivity contribution in [1.29, 1.82) is 0 Å². The second-order valence-electron chi connectivity index (χ2n) is 3.18. The van der Waals surface area contributed by atoms with Gasteiger partial charge in [-0.2, -0.15) is 5.10 Å². The van der Waals surface area contributed by atoms with Crippen LogP contribution in [0.3, 0.4) is 0 Å². The first-order valence-corrected chi connectivity index (χ1v) is 4.84. The van der Waals surface area contributed by atoms with E-state index in [0.717, 1.165) is 6.21 Å². The normalized spacial score (nSPS) is 10.3. The Kier molecular flexibility index (Phi) is 4.61. The number of ether oxygens (including phenoxy) is 1. The third-order valence-corrected chi connectivity index (χ3v) is 1.92. The lowest BCUT2D eigenvalue weighted by atomic mass is 10.2. The predicted molar refractivity (Wildman–Crippen MR) is 62.3 cm³/mol. The Balaban J connectivity index is 2.67. The molecule has 1 aromatic rings. The lowest BCUT2D eigenvalue weighted by molar-refractivity contribution is -0.467. The molecule has 0 unspecified atom stereocenters. The SMILES string of the molecule is COc1cccc(C=NNC(=O)C[N+](=O)[O-])c1O. The highest BCUT2D eigenvalue weighted by molar-refractivity contribution is 5.86. The van der Waals surface area contributed by atoms with E-state index in [1.807, 2.05) is 5.43 Å². The van der Waals surface area contributed by atoms with E-state index in [9.17, 15) is 20.0 Å². The van der Waals surface area contributed by atoms with E-state index in [4.69, 9.17) is 4.74 Å². The lowest BCUT2D eigenvalue weighted by Gasteiger charge is -2.04. The number of carbonyl (C=O) groups is 1. The van der Waals surface area contributed by atoms with E-state index in [0.29, 0.717) is 5.56 Å². The van der Waals surface area contributed by atoms with E-state index in [1.54, 1.807) is 18.2 Å². The summed E-state index contributed by atoms with van der Waals surface area (Å²) in [5.74, 6) is -0.721. The Labute approximate surface area is 102 Å². The number of nitrogens with one attached hydrogen (secondary N) is 1. The summed E-state index contributed by atoms with van der Waals surface area (Å²) < 4.78 is 4.88. The highest BCUT2D eigenvalue weighted by Crippen LogP contribution is 2.27. The average molecular weight is 253 g/mol. The monoisotopic (exact) mass is 253 g/mol. The van der Waals surface area contributed by atoms with Crippen molar-refractivity contribution < 1.29 is 19.6 Å². The summed E-state index contributed by atoms with van der Waals surface area (Å²) in [5, 5.41) is 23.2. The van der Waals surface area contributed by atoms with Crippen molar-refractivity contribution in [3.05, 3.63) is 33.9 Å². The lowest BCUT2D eigenvalue weighted by Crippen LogP contribution is -2.25. The Morgan fingerprint density at radius 1 is 1.67 bits per heavy atom. The maximum Gasteiger partial charge on any atom is 0.311 e. The molecule has 0 aliphatic heterocycles. The number of hydrazone groups is 1. The van der Waals surface area contributed by atoms with Gasteiger partial charge in [-0.25, -0.2) is 5.43 Å². The number of methoxy groups -OCH3 is 1. The van der Waals surface area contributed by atoms with Gasteiger partial charge in [0.2, 0.25) is 0 Å².